The van der Waals surface area contributed by atoms with Crippen LogP contribution in [0.3, 0.4) is 0 Å². The summed E-state index contributed by atoms with van der Waals surface area (Å²) in [6.45, 7) is 2.59. The average molecular weight is 129 g/mol. The highest BCUT2D eigenvalue weighted by molar-refractivity contribution is 4.98. The molecule has 0 unspecified atom stereocenters. The summed E-state index contributed by atoms with van der Waals surface area (Å²) in [6.07, 6.45) is 4.45. The van der Waals surface area contributed by atoms with E-state index in [2.05, 4.69) is 5.32 Å². The first-order valence-electron chi connectivity index (χ1n) is 3.57. The van der Waals surface area contributed by atoms with Gasteiger partial charge < -0.3 is 10.4 Å². The Kier molecular flexibility index (Phi) is 2.09. The maximum absolute atomic E-state index is 7.00. The van der Waals surface area contributed by atoms with Gasteiger partial charge in [-0.3, -0.25) is 0 Å². The Hall–Kier alpha value is -0.0800. The molecular weight excluding hydrogens is 114 g/mol. The second-order valence-corrected chi connectivity index (χ2v) is 2.93. The zero-order chi connectivity index (χ0) is 6.74. The van der Waals surface area contributed by atoms with Gasteiger partial charge in [0.2, 0.25) is 0 Å². The van der Waals surface area contributed by atoms with Crippen molar-refractivity contribution in [2.75, 3.05) is 20.2 Å². The summed E-state index contributed by atoms with van der Waals surface area (Å²) in [4.78, 5) is 0. The van der Waals surface area contributed by atoms with Gasteiger partial charge in [0.1, 0.15) is 0 Å². The van der Waals surface area contributed by atoms with E-state index in [0.29, 0.717) is 0 Å². The molecule has 1 saturated heterocycles. The van der Waals surface area contributed by atoms with Crippen LogP contribution in [0.5, 0.6) is 0 Å². The molecule has 9 heavy (non-hydrogen) atoms. The van der Waals surface area contributed by atoms with Crippen LogP contribution in [-0.2, 0) is 0 Å². The van der Waals surface area contributed by atoms with Crippen LogP contribution in [0, 0.1) is 5.41 Å². The Morgan fingerprint density at radius 2 is 1.89 bits per heavy atom. The minimum absolute atomic E-state index is 0.833. The van der Waals surface area contributed by atoms with E-state index in [1.54, 1.807) is 0 Å². The Bertz CT molecular complexity index is 80.9. The molecule has 2 nitrogen and oxygen atoms in total. The lowest BCUT2D eigenvalue weighted by Gasteiger charge is -1.96. The minimum Gasteiger partial charge on any atom is -0.400 e. The summed E-state index contributed by atoms with van der Waals surface area (Å²) in [5.74, 6) is 0. The molecule has 1 aliphatic heterocycles. The Labute approximate surface area is 56.3 Å². The summed E-state index contributed by atoms with van der Waals surface area (Å²) < 4.78 is 0. The third kappa shape index (κ3) is 1.43. The third-order valence-electron chi connectivity index (χ3n) is 2.29. The monoisotopic (exact) mass is 129 g/mol. The topological polar surface area (TPSA) is 32.3 Å². The first kappa shape index (κ1) is 7.03. The highest BCUT2D eigenvalue weighted by Gasteiger charge is 2.44. The first-order chi connectivity index (χ1) is 4.41. The summed E-state index contributed by atoms with van der Waals surface area (Å²) in [5.41, 5.74) is 0.833. The van der Waals surface area contributed by atoms with Gasteiger partial charge in [-0.1, -0.05) is 0 Å². The van der Waals surface area contributed by atoms with Crippen molar-refractivity contribution in [3.05, 3.63) is 0 Å². The van der Waals surface area contributed by atoms with Crippen molar-refractivity contribution in [1.82, 2.24) is 5.32 Å². The van der Waals surface area contributed by atoms with Crippen LogP contribution in [0.2, 0.25) is 0 Å². The van der Waals surface area contributed by atoms with Crippen LogP contribution in [-0.4, -0.2) is 25.3 Å². The largest absolute Gasteiger partial charge is 0.400 e. The highest BCUT2D eigenvalue weighted by Crippen LogP contribution is 2.49. The van der Waals surface area contributed by atoms with Gasteiger partial charge >= 0.3 is 0 Å². The van der Waals surface area contributed by atoms with Gasteiger partial charge in [-0.05, 0) is 31.2 Å². The van der Waals surface area contributed by atoms with E-state index in [-0.39, 0.29) is 0 Å². The molecule has 0 aromatic carbocycles. The molecule has 2 heteroatoms. The lowest BCUT2D eigenvalue weighted by atomic mass is 10.1. The maximum atomic E-state index is 7.00. The van der Waals surface area contributed by atoms with Crippen LogP contribution >= 0.6 is 0 Å². The van der Waals surface area contributed by atoms with Crippen LogP contribution < -0.4 is 5.32 Å². The molecule has 1 heterocycles. The number of hydrogen-bond acceptors (Lipinski definition) is 2. The first-order valence-corrected chi connectivity index (χ1v) is 3.57. The standard InChI is InChI=1S/C6H11N.CH4O/c1-2-6(1)3-4-7-5-6;1-2/h7H,1-5H2;2H,1H3. The summed E-state index contributed by atoms with van der Waals surface area (Å²) >= 11 is 0. The molecule has 2 aliphatic rings. The Morgan fingerprint density at radius 1 is 1.22 bits per heavy atom. The predicted octanol–water partition coefficient (Wildman–Crippen LogP) is 0.368. The van der Waals surface area contributed by atoms with Gasteiger partial charge in [-0.2, -0.15) is 0 Å². The van der Waals surface area contributed by atoms with Crippen molar-refractivity contribution in [3.63, 3.8) is 0 Å². The van der Waals surface area contributed by atoms with E-state index in [0.717, 1.165) is 12.5 Å². The molecule has 0 bridgehead atoms. The third-order valence-corrected chi connectivity index (χ3v) is 2.29. The molecule has 1 saturated carbocycles. The van der Waals surface area contributed by atoms with Crippen molar-refractivity contribution in [1.29, 1.82) is 0 Å². The maximum Gasteiger partial charge on any atom is 0.0319 e. The predicted molar refractivity (Wildman–Crippen MR) is 37.3 cm³/mol. The van der Waals surface area contributed by atoms with Gasteiger partial charge in [0.05, 0.1) is 0 Å². The normalized spacial score (nSPS) is 27.3. The second-order valence-electron chi connectivity index (χ2n) is 2.93. The van der Waals surface area contributed by atoms with E-state index >= 15 is 0 Å². The molecule has 0 amide bonds. The Morgan fingerprint density at radius 3 is 2.11 bits per heavy atom. The zero-order valence-corrected chi connectivity index (χ0v) is 5.98. The van der Waals surface area contributed by atoms with Gasteiger partial charge in [0, 0.05) is 13.7 Å². The quantitative estimate of drug-likeness (QED) is 0.495. The summed E-state index contributed by atoms with van der Waals surface area (Å²) in [6, 6.07) is 0. The molecule has 2 N–H and O–H groups in total. The van der Waals surface area contributed by atoms with Crippen LogP contribution in [0.4, 0.5) is 0 Å². The van der Waals surface area contributed by atoms with E-state index in [1.165, 1.54) is 32.4 Å². The molecule has 1 spiro atoms. The van der Waals surface area contributed by atoms with Crippen molar-refractivity contribution < 1.29 is 5.11 Å². The number of rotatable bonds is 0. The number of nitrogens with one attached hydrogen (secondary N) is 1. The molecular formula is C7H15NO. The summed E-state index contributed by atoms with van der Waals surface area (Å²) in [7, 11) is 1.00. The van der Waals surface area contributed by atoms with Crippen LogP contribution in [0.1, 0.15) is 19.3 Å². The Balaban J connectivity index is 0.000000186. The lowest BCUT2D eigenvalue weighted by molar-refractivity contribution is 0.399. The molecule has 0 atom stereocenters. The molecule has 54 valence electrons. The molecule has 2 rings (SSSR count). The van der Waals surface area contributed by atoms with Crippen molar-refractivity contribution in [2.24, 2.45) is 5.41 Å². The van der Waals surface area contributed by atoms with E-state index in [9.17, 15) is 0 Å². The fourth-order valence-corrected chi connectivity index (χ4v) is 1.40. The highest BCUT2D eigenvalue weighted by atomic mass is 16.2. The van der Waals surface area contributed by atoms with E-state index < -0.39 is 0 Å². The van der Waals surface area contributed by atoms with E-state index in [4.69, 9.17) is 5.11 Å². The zero-order valence-electron chi connectivity index (χ0n) is 5.98. The number of aliphatic hydroxyl groups is 1. The number of hydrogen-bond donors (Lipinski definition) is 2. The van der Waals surface area contributed by atoms with E-state index in [1.807, 2.05) is 0 Å². The molecule has 0 aromatic heterocycles. The van der Waals surface area contributed by atoms with Crippen molar-refractivity contribution >= 4 is 0 Å². The number of aliphatic hydroxyl groups excluding tert-OH is 1. The van der Waals surface area contributed by atoms with Crippen LogP contribution in [0.25, 0.3) is 0 Å². The second kappa shape index (κ2) is 2.67. The lowest BCUT2D eigenvalue weighted by Crippen LogP contribution is -2.08. The summed E-state index contributed by atoms with van der Waals surface area (Å²) in [5, 5.41) is 10.4. The fraction of sp³-hybridized carbons (Fsp3) is 1.00. The van der Waals surface area contributed by atoms with Gasteiger partial charge in [0.25, 0.3) is 0 Å². The van der Waals surface area contributed by atoms with Gasteiger partial charge in [-0.25, -0.2) is 0 Å². The molecule has 0 radical (unpaired) electrons. The SMILES string of the molecule is C1CC2(CC2)CN1.CO. The smallest absolute Gasteiger partial charge is 0.0319 e. The van der Waals surface area contributed by atoms with Crippen molar-refractivity contribution in [2.45, 2.75) is 19.3 Å². The molecule has 2 fully saturated rings. The van der Waals surface area contributed by atoms with Gasteiger partial charge in [0.15, 0.2) is 0 Å². The van der Waals surface area contributed by atoms with Gasteiger partial charge in [-0.15, -0.1) is 0 Å². The fourth-order valence-electron chi connectivity index (χ4n) is 1.40. The minimum atomic E-state index is 0.833. The molecule has 0 aromatic rings. The van der Waals surface area contributed by atoms with Crippen molar-refractivity contribution in [3.8, 4) is 0 Å². The molecule has 1 aliphatic carbocycles. The van der Waals surface area contributed by atoms with Crippen LogP contribution in [0.15, 0.2) is 0 Å². The average Bonchev–Trinajstić information content (AvgIpc) is 2.46.